The first-order valence-electron chi connectivity index (χ1n) is 9.08. The molecule has 2 atom stereocenters. The van der Waals surface area contributed by atoms with Crippen LogP contribution in [-0.4, -0.2) is 37.0 Å². The van der Waals surface area contributed by atoms with Crippen molar-refractivity contribution in [1.29, 1.82) is 0 Å². The van der Waals surface area contributed by atoms with E-state index in [9.17, 15) is 4.79 Å². The number of rotatable bonds is 4. The van der Waals surface area contributed by atoms with Crippen molar-refractivity contribution in [3.8, 4) is 5.75 Å². The standard InChI is InChI=1S/C21H24N2O2/c24-21(22-19-11-13-25-20-9-5-4-8-18(19)20)15-23-12-10-17(14-23)16-6-2-1-3-7-16/h1-9,17,19H,10-15H2,(H,22,24)/t17-,19-/m1/s1. The van der Waals surface area contributed by atoms with Crippen molar-refractivity contribution in [3.05, 3.63) is 65.7 Å². The molecule has 1 saturated heterocycles. The van der Waals surface area contributed by atoms with Crippen LogP contribution in [-0.2, 0) is 4.79 Å². The van der Waals surface area contributed by atoms with Crippen LogP contribution in [0.3, 0.4) is 0 Å². The predicted octanol–water partition coefficient (Wildman–Crippen LogP) is 3.12. The first-order valence-corrected chi connectivity index (χ1v) is 9.08. The van der Waals surface area contributed by atoms with Gasteiger partial charge in [0.15, 0.2) is 0 Å². The molecule has 4 rings (SSSR count). The van der Waals surface area contributed by atoms with Crippen LogP contribution < -0.4 is 10.1 Å². The van der Waals surface area contributed by atoms with E-state index in [1.54, 1.807) is 0 Å². The Balaban J connectivity index is 1.33. The van der Waals surface area contributed by atoms with E-state index in [1.165, 1.54) is 5.56 Å². The Morgan fingerprint density at radius 3 is 2.76 bits per heavy atom. The van der Waals surface area contributed by atoms with Crippen LogP contribution in [0.4, 0.5) is 0 Å². The van der Waals surface area contributed by atoms with Gasteiger partial charge in [-0.3, -0.25) is 9.69 Å². The molecule has 1 amide bonds. The van der Waals surface area contributed by atoms with Gasteiger partial charge in [0.25, 0.3) is 0 Å². The SMILES string of the molecule is O=C(CN1CC[C@@H](c2ccccc2)C1)N[C@@H]1CCOc2ccccc21. The molecule has 0 unspecified atom stereocenters. The Kier molecular flexibility index (Phi) is 4.70. The summed E-state index contributed by atoms with van der Waals surface area (Å²) in [5.41, 5.74) is 2.47. The lowest BCUT2D eigenvalue weighted by Crippen LogP contribution is -2.39. The predicted molar refractivity (Wildman–Crippen MR) is 97.7 cm³/mol. The molecular weight excluding hydrogens is 312 g/mol. The van der Waals surface area contributed by atoms with Gasteiger partial charge in [0.2, 0.25) is 5.91 Å². The van der Waals surface area contributed by atoms with Gasteiger partial charge in [-0.15, -0.1) is 0 Å². The smallest absolute Gasteiger partial charge is 0.234 e. The second-order valence-electron chi connectivity index (χ2n) is 6.93. The van der Waals surface area contributed by atoms with Gasteiger partial charge < -0.3 is 10.1 Å². The third-order valence-corrected chi connectivity index (χ3v) is 5.20. The minimum Gasteiger partial charge on any atom is -0.493 e. The first kappa shape index (κ1) is 16.2. The highest BCUT2D eigenvalue weighted by molar-refractivity contribution is 5.78. The Morgan fingerprint density at radius 1 is 1.08 bits per heavy atom. The van der Waals surface area contributed by atoms with Gasteiger partial charge in [0.05, 0.1) is 19.2 Å². The third-order valence-electron chi connectivity index (χ3n) is 5.20. The number of likely N-dealkylation sites (tertiary alicyclic amines) is 1. The summed E-state index contributed by atoms with van der Waals surface area (Å²) < 4.78 is 5.67. The molecular formula is C21H24N2O2. The minimum absolute atomic E-state index is 0.0602. The summed E-state index contributed by atoms with van der Waals surface area (Å²) in [7, 11) is 0. The summed E-state index contributed by atoms with van der Waals surface area (Å²) in [6.07, 6.45) is 1.95. The number of hydrogen-bond acceptors (Lipinski definition) is 3. The molecule has 2 aliphatic heterocycles. The molecule has 2 aromatic rings. The van der Waals surface area contributed by atoms with Crippen LogP contribution in [0, 0.1) is 0 Å². The summed E-state index contributed by atoms with van der Waals surface area (Å²) >= 11 is 0. The molecule has 2 aliphatic rings. The van der Waals surface area contributed by atoms with E-state index in [0.29, 0.717) is 19.1 Å². The van der Waals surface area contributed by atoms with Crippen molar-refractivity contribution < 1.29 is 9.53 Å². The van der Waals surface area contributed by atoms with E-state index in [4.69, 9.17) is 4.74 Å². The molecule has 4 heteroatoms. The summed E-state index contributed by atoms with van der Waals surface area (Å²) in [5, 5.41) is 3.20. The number of nitrogens with one attached hydrogen (secondary N) is 1. The number of ether oxygens (including phenoxy) is 1. The van der Waals surface area contributed by atoms with E-state index >= 15 is 0 Å². The van der Waals surface area contributed by atoms with Crippen molar-refractivity contribution in [2.45, 2.75) is 24.8 Å². The maximum Gasteiger partial charge on any atom is 0.234 e. The van der Waals surface area contributed by atoms with Crippen molar-refractivity contribution >= 4 is 5.91 Å². The van der Waals surface area contributed by atoms with E-state index in [-0.39, 0.29) is 11.9 Å². The number of benzene rings is 2. The number of carbonyl (C=O) groups is 1. The number of para-hydroxylation sites is 1. The molecule has 2 aromatic carbocycles. The molecule has 0 aliphatic carbocycles. The number of carbonyl (C=O) groups excluding carboxylic acids is 1. The Morgan fingerprint density at radius 2 is 1.88 bits per heavy atom. The number of hydrogen-bond donors (Lipinski definition) is 1. The van der Waals surface area contributed by atoms with Gasteiger partial charge in [-0.2, -0.15) is 0 Å². The summed E-state index contributed by atoms with van der Waals surface area (Å²) in [6, 6.07) is 18.6. The molecule has 0 aromatic heterocycles. The van der Waals surface area contributed by atoms with Gasteiger partial charge in [0.1, 0.15) is 5.75 Å². The van der Waals surface area contributed by atoms with Crippen LogP contribution in [0.25, 0.3) is 0 Å². The number of fused-ring (bicyclic) bond motifs is 1. The maximum atomic E-state index is 12.5. The monoisotopic (exact) mass is 336 g/mol. The normalized spacial score (nSPS) is 22.9. The second-order valence-corrected chi connectivity index (χ2v) is 6.93. The van der Waals surface area contributed by atoms with Crippen LogP contribution in [0.2, 0.25) is 0 Å². The third kappa shape index (κ3) is 3.69. The highest BCUT2D eigenvalue weighted by Crippen LogP contribution is 2.31. The van der Waals surface area contributed by atoms with E-state index in [1.807, 2.05) is 24.3 Å². The van der Waals surface area contributed by atoms with Gasteiger partial charge >= 0.3 is 0 Å². The zero-order valence-electron chi connectivity index (χ0n) is 14.4. The van der Waals surface area contributed by atoms with Crippen LogP contribution >= 0.6 is 0 Å². The van der Waals surface area contributed by atoms with E-state index in [2.05, 4.69) is 40.5 Å². The van der Waals surface area contributed by atoms with Crippen molar-refractivity contribution in [1.82, 2.24) is 10.2 Å². The molecule has 1 fully saturated rings. The summed E-state index contributed by atoms with van der Waals surface area (Å²) in [5.74, 6) is 1.54. The van der Waals surface area contributed by atoms with Crippen molar-refractivity contribution in [2.24, 2.45) is 0 Å². The summed E-state index contributed by atoms with van der Waals surface area (Å²) in [4.78, 5) is 14.8. The fourth-order valence-corrected chi connectivity index (χ4v) is 3.91. The summed E-state index contributed by atoms with van der Waals surface area (Å²) in [6.45, 7) is 3.07. The molecule has 0 radical (unpaired) electrons. The van der Waals surface area contributed by atoms with Gasteiger partial charge in [-0.25, -0.2) is 0 Å². The quantitative estimate of drug-likeness (QED) is 0.933. The first-order chi connectivity index (χ1) is 12.3. The fourth-order valence-electron chi connectivity index (χ4n) is 3.91. The maximum absolute atomic E-state index is 12.5. The topological polar surface area (TPSA) is 41.6 Å². The number of amides is 1. The largest absolute Gasteiger partial charge is 0.493 e. The van der Waals surface area contributed by atoms with Crippen LogP contribution in [0.5, 0.6) is 5.75 Å². The average Bonchev–Trinajstić information content (AvgIpc) is 3.11. The fraction of sp³-hybridized carbons (Fsp3) is 0.381. The molecule has 130 valence electrons. The van der Waals surface area contributed by atoms with Gasteiger partial charge in [-0.1, -0.05) is 48.5 Å². The molecule has 0 bridgehead atoms. The highest BCUT2D eigenvalue weighted by Gasteiger charge is 2.27. The van der Waals surface area contributed by atoms with Crippen LogP contribution in [0.15, 0.2) is 54.6 Å². The zero-order valence-corrected chi connectivity index (χ0v) is 14.4. The highest BCUT2D eigenvalue weighted by atomic mass is 16.5. The Labute approximate surface area is 148 Å². The lowest BCUT2D eigenvalue weighted by atomic mass is 9.99. The molecule has 25 heavy (non-hydrogen) atoms. The molecule has 0 spiro atoms. The average molecular weight is 336 g/mol. The van der Waals surface area contributed by atoms with Gasteiger partial charge in [-0.05, 0) is 30.5 Å². The lowest BCUT2D eigenvalue weighted by Gasteiger charge is -2.27. The van der Waals surface area contributed by atoms with Gasteiger partial charge in [0, 0.05) is 18.5 Å². The Bertz CT molecular complexity index is 732. The van der Waals surface area contributed by atoms with E-state index < -0.39 is 0 Å². The Hall–Kier alpha value is -2.33. The molecule has 4 nitrogen and oxygen atoms in total. The molecule has 0 saturated carbocycles. The zero-order chi connectivity index (χ0) is 17.1. The lowest BCUT2D eigenvalue weighted by molar-refractivity contribution is -0.123. The van der Waals surface area contributed by atoms with Crippen molar-refractivity contribution in [3.63, 3.8) is 0 Å². The van der Waals surface area contributed by atoms with E-state index in [0.717, 1.165) is 37.2 Å². The minimum atomic E-state index is 0.0602. The number of nitrogens with zero attached hydrogens (tertiary/aromatic N) is 1. The van der Waals surface area contributed by atoms with Crippen LogP contribution in [0.1, 0.15) is 35.9 Å². The molecule has 2 heterocycles. The molecule has 1 N–H and O–H groups in total. The van der Waals surface area contributed by atoms with Crippen molar-refractivity contribution in [2.75, 3.05) is 26.2 Å². The second kappa shape index (κ2) is 7.28.